The molecule has 3 heterocycles. The SMILES string of the molecule is CC(C)(C)[C@H](NC(=O)C(F)(F)F)C(=O)N1C[C@H](N2CCC(F)(F)CC2)C[C@H]1C(=O)NC(C#N)C[C@@H]1CCNC1O. The zero-order chi connectivity index (χ0) is 30.0. The summed E-state index contributed by atoms with van der Waals surface area (Å²) in [6.45, 7) is 4.83. The lowest BCUT2D eigenvalue weighted by Gasteiger charge is -2.37. The maximum atomic E-state index is 13.8. The Morgan fingerprint density at radius 2 is 1.77 bits per heavy atom. The lowest BCUT2D eigenvalue weighted by molar-refractivity contribution is -0.176. The number of hydrogen-bond donors (Lipinski definition) is 4. The second-order valence-corrected chi connectivity index (χ2v) is 11.9. The molecule has 3 aliphatic heterocycles. The summed E-state index contributed by atoms with van der Waals surface area (Å²) in [5, 5.41) is 26.8. The van der Waals surface area contributed by atoms with Gasteiger partial charge in [-0.25, -0.2) is 8.78 Å². The third-order valence-corrected chi connectivity index (χ3v) is 7.88. The number of amides is 3. The van der Waals surface area contributed by atoms with Crippen molar-refractivity contribution in [3.8, 4) is 6.07 Å². The van der Waals surface area contributed by atoms with E-state index in [0.29, 0.717) is 13.0 Å². The lowest BCUT2D eigenvalue weighted by atomic mass is 9.85. The minimum Gasteiger partial charge on any atom is -0.378 e. The van der Waals surface area contributed by atoms with Gasteiger partial charge in [-0.1, -0.05) is 20.8 Å². The van der Waals surface area contributed by atoms with Crippen molar-refractivity contribution < 1.29 is 41.4 Å². The number of nitrogens with zero attached hydrogens (tertiary/aromatic N) is 3. The van der Waals surface area contributed by atoms with E-state index in [-0.39, 0.29) is 38.4 Å². The monoisotopic (exact) mass is 580 g/mol. The molecule has 0 aromatic carbocycles. The number of hydrogen-bond acceptors (Lipinski definition) is 7. The van der Waals surface area contributed by atoms with Crippen LogP contribution in [-0.2, 0) is 14.4 Å². The van der Waals surface area contributed by atoms with Gasteiger partial charge in [0.1, 0.15) is 24.4 Å². The molecule has 40 heavy (non-hydrogen) atoms. The molecule has 3 saturated heterocycles. The third-order valence-electron chi connectivity index (χ3n) is 7.88. The molecule has 0 aromatic rings. The summed E-state index contributed by atoms with van der Waals surface area (Å²) in [4.78, 5) is 41.7. The first-order valence-electron chi connectivity index (χ1n) is 13.3. The second kappa shape index (κ2) is 12.1. The summed E-state index contributed by atoms with van der Waals surface area (Å²) >= 11 is 0. The van der Waals surface area contributed by atoms with Gasteiger partial charge < -0.3 is 20.6 Å². The fourth-order valence-electron chi connectivity index (χ4n) is 5.52. The van der Waals surface area contributed by atoms with Crippen LogP contribution in [0.2, 0.25) is 0 Å². The molecule has 3 amide bonds. The molecule has 3 rings (SSSR count). The third kappa shape index (κ3) is 7.79. The molecule has 3 fully saturated rings. The Bertz CT molecular complexity index is 988. The van der Waals surface area contributed by atoms with E-state index >= 15 is 0 Å². The number of carbonyl (C=O) groups is 3. The fourth-order valence-corrected chi connectivity index (χ4v) is 5.52. The van der Waals surface area contributed by atoms with E-state index in [4.69, 9.17) is 0 Å². The smallest absolute Gasteiger partial charge is 0.378 e. The minimum atomic E-state index is -5.24. The van der Waals surface area contributed by atoms with Gasteiger partial charge in [-0.05, 0) is 31.2 Å². The van der Waals surface area contributed by atoms with Crippen LogP contribution in [0.25, 0.3) is 0 Å². The van der Waals surface area contributed by atoms with E-state index in [2.05, 4.69) is 10.6 Å². The summed E-state index contributed by atoms with van der Waals surface area (Å²) in [7, 11) is 0. The molecule has 4 N–H and O–H groups in total. The number of nitriles is 1. The van der Waals surface area contributed by atoms with Gasteiger partial charge in [0.25, 0.3) is 5.92 Å². The summed E-state index contributed by atoms with van der Waals surface area (Å²) in [5.41, 5.74) is -1.18. The van der Waals surface area contributed by atoms with Crippen molar-refractivity contribution in [2.24, 2.45) is 11.3 Å². The highest BCUT2D eigenvalue weighted by atomic mass is 19.4. The number of halogens is 5. The van der Waals surface area contributed by atoms with E-state index in [9.17, 15) is 46.7 Å². The number of aliphatic hydroxyl groups is 1. The van der Waals surface area contributed by atoms with Crippen molar-refractivity contribution in [1.29, 1.82) is 5.26 Å². The maximum Gasteiger partial charge on any atom is 0.471 e. The van der Waals surface area contributed by atoms with Crippen LogP contribution in [0.1, 0.15) is 52.9 Å². The van der Waals surface area contributed by atoms with Crippen LogP contribution in [0.5, 0.6) is 0 Å². The van der Waals surface area contributed by atoms with Gasteiger partial charge in [-0.3, -0.25) is 24.6 Å². The number of alkyl halides is 5. The number of piperidine rings is 1. The van der Waals surface area contributed by atoms with Crippen LogP contribution < -0.4 is 16.0 Å². The predicted octanol–water partition coefficient (Wildman–Crippen LogP) is 1.11. The molecule has 0 radical (unpaired) electrons. The van der Waals surface area contributed by atoms with Crippen molar-refractivity contribution in [3.63, 3.8) is 0 Å². The van der Waals surface area contributed by atoms with Crippen LogP contribution in [0.4, 0.5) is 22.0 Å². The van der Waals surface area contributed by atoms with Crippen LogP contribution in [-0.4, -0.2) is 101 Å². The van der Waals surface area contributed by atoms with Crippen LogP contribution >= 0.6 is 0 Å². The van der Waals surface area contributed by atoms with Crippen molar-refractivity contribution in [1.82, 2.24) is 25.8 Å². The van der Waals surface area contributed by atoms with Gasteiger partial charge in [0.15, 0.2) is 0 Å². The van der Waals surface area contributed by atoms with E-state index in [0.717, 1.165) is 4.90 Å². The Labute approximate surface area is 229 Å². The van der Waals surface area contributed by atoms with E-state index < -0.39 is 78.5 Å². The molecular weight excluding hydrogens is 543 g/mol. The fraction of sp³-hybridized carbons (Fsp3) is 0.840. The number of nitrogens with one attached hydrogen (secondary N) is 3. The zero-order valence-electron chi connectivity index (χ0n) is 22.7. The molecule has 0 aromatic heterocycles. The normalized spacial score (nSPS) is 28.9. The summed E-state index contributed by atoms with van der Waals surface area (Å²) in [6.07, 6.45) is -6.18. The van der Waals surface area contributed by atoms with Crippen LogP contribution in [0, 0.1) is 22.7 Å². The molecule has 226 valence electrons. The molecular formula is C25H37F5N6O4. The van der Waals surface area contributed by atoms with Crippen LogP contribution in [0.3, 0.4) is 0 Å². The van der Waals surface area contributed by atoms with Crippen molar-refractivity contribution >= 4 is 17.7 Å². The molecule has 3 aliphatic rings. The zero-order valence-corrected chi connectivity index (χ0v) is 22.7. The first-order chi connectivity index (χ1) is 18.4. The lowest BCUT2D eigenvalue weighted by Crippen LogP contribution is -2.59. The van der Waals surface area contributed by atoms with Gasteiger partial charge >= 0.3 is 12.1 Å². The number of carbonyl (C=O) groups excluding carboxylic acids is 3. The van der Waals surface area contributed by atoms with Gasteiger partial charge in [0.2, 0.25) is 11.8 Å². The van der Waals surface area contributed by atoms with Crippen molar-refractivity contribution in [2.45, 2.75) is 95.4 Å². The second-order valence-electron chi connectivity index (χ2n) is 11.9. The molecule has 0 spiro atoms. The van der Waals surface area contributed by atoms with Crippen molar-refractivity contribution in [2.75, 3.05) is 26.2 Å². The Morgan fingerprint density at radius 1 is 1.15 bits per heavy atom. The number of aliphatic hydroxyl groups excluding tert-OH is 1. The molecule has 15 heteroatoms. The van der Waals surface area contributed by atoms with E-state index in [1.54, 1.807) is 10.2 Å². The van der Waals surface area contributed by atoms with E-state index in [1.165, 1.54) is 20.8 Å². The van der Waals surface area contributed by atoms with Crippen LogP contribution in [0.15, 0.2) is 0 Å². The summed E-state index contributed by atoms with van der Waals surface area (Å²) < 4.78 is 66.7. The summed E-state index contributed by atoms with van der Waals surface area (Å²) in [5.74, 6) is -7.07. The molecule has 10 nitrogen and oxygen atoms in total. The predicted molar refractivity (Wildman–Crippen MR) is 131 cm³/mol. The van der Waals surface area contributed by atoms with E-state index in [1.807, 2.05) is 6.07 Å². The molecule has 0 aliphatic carbocycles. The quantitative estimate of drug-likeness (QED) is 0.331. The largest absolute Gasteiger partial charge is 0.471 e. The number of likely N-dealkylation sites (tertiary alicyclic amines) is 2. The molecule has 0 saturated carbocycles. The first kappa shape index (κ1) is 32.0. The topological polar surface area (TPSA) is 138 Å². The Hall–Kier alpha value is -2.57. The van der Waals surface area contributed by atoms with Gasteiger partial charge in [-0.2, -0.15) is 18.4 Å². The summed E-state index contributed by atoms with van der Waals surface area (Å²) in [6, 6.07) is -2.43. The van der Waals surface area contributed by atoms with Gasteiger partial charge in [0.05, 0.1) is 6.07 Å². The highest BCUT2D eigenvalue weighted by molar-refractivity contribution is 5.94. The van der Waals surface area contributed by atoms with Crippen molar-refractivity contribution in [3.05, 3.63) is 0 Å². The Morgan fingerprint density at radius 3 is 2.27 bits per heavy atom. The number of rotatable bonds is 7. The van der Waals surface area contributed by atoms with Gasteiger partial charge in [-0.15, -0.1) is 0 Å². The molecule has 0 bridgehead atoms. The Kier molecular flexibility index (Phi) is 9.68. The minimum absolute atomic E-state index is 0.00886. The average Bonchev–Trinajstić information content (AvgIpc) is 3.46. The molecule has 6 atom stereocenters. The Balaban J connectivity index is 1.84. The van der Waals surface area contributed by atoms with Gasteiger partial charge in [0, 0.05) is 44.4 Å². The standard InChI is InChI=1S/C25H37F5N6O4/c1-23(2,3)18(34-22(40)25(28,29)30)21(39)36-13-16(35-8-5-24(26,27)6-9-35)11-17(36)20(38)33-15(12-31)10-14-4-7-32-19(14)37/h14-19,32,37H,4-11,13H2,1-3H3,(H,33,38)(H,34,40)/t14-,15?,16+,17-,18+,19?/m0/s1. The first-order valence-corrected chi connectivity index (χ1v) is 13.3. The molecule has 2 unspecified atom stereocenters. The highest BCUT2D eigenvalue weighted by Gasteiger charge is 2.50. The maximum absolute atomic E-state index is 13.8. The highest BCUT2D eigenvalue weighted by Crippen LogP contribution is 2.33. The average molecular weight is 581 g/mol.